The fraction of sp³-hybridized carbons (Fsp3) is 0.217. The predicted octanol–water partition coefficient (Wildman–Crippen LogP) is 3.98. The summed E-state index contributed by atoms with van der Waals surface area (Å²) in [7, 11) is 0. The molecule has 3 aromatic carbocycles. The first-order chi connectivity index (χ1) is 12.3. The van der Waals surface area contributed by atoms with E-state index in [4.69, 9.17) is 5.73 Å². The zero-order valence-electron chi connectivity index (χ0n) is 14.6. The van der Waals surface area contributed by atoms with Crippen molar-refractivity contribution in [1.29, 1.82) is 0 Å². The first-order valence-corrected chi connectivity index (χ1v) is 11.7. The summed E-state index contributed by atoms with van der Waals surface area (Å²) in [5, 5.41) is 4.33. The van der Waals surface area contributed by atoms with Gasteiger partial charge in [0.15, 0.2) is 0 Å². The summed E-state index contributed by atoms with van der Waals surface area (Å²) in [6.07, 6.45) is 4.73. The number of hydrogen-bond donors (Lipinski definition) is 1. The van der Waals surface area contributed by atoms with Crippen LogP contribution in [0.5, 0.6) is 0 Å². The summed E-state index contributed by atoms with van der Waals surface area (Å²) in [5.41, 5.74) is 7.10. The molecular weight excluding hydrogens is 321 g/mol. The van der Waals surface area contributed by atoms with Crippen LogP contribution in [0, 0.1) is 0 Å². The first kappa shape index (κ1) is 16.5. The van der Waals surface area contributed by atoms with Gasteiger partial charge in [-0.05, 0) is 0 Å². The zero-order valence-corrected chi connectivity index (χ0v) is 15.5. The van der Waals surface area contributed by atoms with Gasteiger partial charge in [-0.1, -0.05) is 0 Å². The minimum atomic E-state index is -2.70. The molecule has 0 aliphatic carbocycles. The van der Waals surface area contributed by atoms with Crippen molar-refractivity contribution in [2.75, 3.05) is 6.16 Å². The molecule has 1 nitrogen and oxygen atoms in total. The van der Waals surface area contributed by atoms with Gasteiger partial charge in [-0.2, -0.15) is 0 Å². The number of benzene rings is 3. The van der Waals surface area contributed by atoms with E-state index < -0.39 is 6.60 Å². The normalized spacial score (nSPS) is 23.2. The maximum absolute atomic E-state index is 7.10. The van der Waals surface area contributed by atoms with Crippen LogP contribution in [0.3, 0.4) is 0 Å². The number of rotatable bonds is 3. The van der Waals surface area contributed by atoms with Gasteiger partial charge >= 0.3 is 150 Å². The minimum absolute atomic E-state index is 0.173. The summed E-state index contributed by atoms with van der Waals surface area (Å²) >= 11 is 0. The number of nitrogens with two attached hydrogens (primary N) is 1. The van der Waals surface area contributed by atoms with Crippen LogP contribution in [0.25, 0.3) is 0 Å². The van der Waals surface area contributed by atoms with Gasteiger partial charge in [0, 0.05) is 0 Å². The molecule has 1 saturated heterocycles. The number of hydrogen-bond acceptors (Lipinski definition) is 1. The average molecular weight is 347 g/mol. The standard InChI is InChI=1S/C23H26NP/c24-23-18-10-11-19-25(23,20-12-4-1-5-13-20,21-14-6-2-7-15-21)22-16-8-3-9-17-22/h1-9,12-17,23H,10-11,18-19,24H2. The summed E-state index contributed by atoms with van der Waals surface area (Å²) in [4.78, 5) is 0. The molecule has 2 heteroatoms. The van der Waals surface area contributed by atoms with Crippen LogP contribution in [-0.4, -0.2) is 11.9 Å². The molecule has 0 radical (unpaired) electrons. The van der Waals surface area contributed by atoms with Crippen LogP contribution >= 0.6 is 6.60 Å². The molecule has 128 valence electrons. The van der Waals surface area contributed by atoms with E-state index in [-0.39, 0.29) is 5.78 Å². The van der Waals surface area contributed by atoms with Crippen LogP contribution in [0.1, 0.15) is 19.3 Å². The van der Waals surface area contributed by atoms with Gasteiger partial charge in [0.25, 0.3) is 0 Å². The van der Waals surface area contributed by atoms with Gasteiger partial charge in [-0.3, -0.25) is 0 Å². The van der Waals surface area contributed by atoms with E-state index in [2.05, 4.69) is 91.0 Å². The monoisotopic (exact) mass is 347 g/mol. The molecule has 1 fully saturated rings. The molecule has 1 aliphatic heterocycles. The Labute approximate surface area is 150 Å². The Morgan fingerprint density at radius 2 is 1.00 bits per heavy atom. The molecule has 1 aliphatic rings. The van der Waals surface area contributed by atoms with Gasteiger partial charge < -0.3 is 0 Å². The van der Waals surface area contributed by atoms with E-state index in [0.717, 1.165) is 6.42 Å². The molecule has 0 aromatic heterocycles. The van der Waals surface area contributed by atoms with E-state index in [0.29, 0.717) is 0 Å². The molecular formula is C23H26NP. The summed E-state index contributed by atoms with van der Waals surface area (Å²) in [5.74, 6) is 0.173. The van der Waals surface area contributed by atoms with Crippen molar-refractivity contribution in [3.63, 3.8) is 0 Å². The molecule has 2 N–H and O–H groups in total. The average Bonchev–Trinajstić information content (AvgIpc) is 2.71. The van der Waals surface area contributed by atoms with Crippen molar-refractivity contribution >= 4 is 22.5 Å². The second kappa shape index (κ2) is 6.41. The van der Waals surface area contributed by atoms with Crippen molar-refractivity contribution in [2.24, 2.45) is 5.73 Å². The molecule has 3 aromatic rings. The SMILES string of the molecule is NC1CCCCP1(c1ccccc1)(c1ccccc1)c1ccccc1. The fourth-order valence-corrected chi connectivity index (χ4v) is 12.3. The Balaban J connectivity index is 2.17. The zero-order chi connectivity index (χ0) is 17.2. The predicted molar refractivity (Wildman–Crippen MR) is 112 cm³/mol. The molecule has 0 bridgehead atoms. The van der Waals surface area contributed by atoms with E-state index in [9.17, 15) is 0 Å². The van der Waals surface area contributed by atoms with Gasteiger partial charge in [0.1, 0.15) is 0 Å². The van der Waals surface area contributed by atoms with Crippen molar-refractivity contribution in [1.82, 2.24) is 0 Å². The fourth-order valence-electron chi connectivity index (χ4n) is 4.96. The second-order valence-corrected chi connectivity index (χ2v) is 12.6. The second-order valence-electron chi connectivity index (χ2n) is 7.17. The first-order valence-electron chi connectivity index (χ1n) is 9.22. The Morgan fingerprint density at radius 3 is 1.36 bits per heavy atom. The Bertz CT molecular complexity index is 730. The Hall–Kier alpha value is -1.95. The van der Waals surface area contributed by atoms with Crippen molar-refractivity contribution in [3.8, 4) is 0 Å². The van der Waals surface area contributed by atoms with Crippen LogP contribution in [0.2, 0.25) is 0 Å². The van der Waals surface area contributed by atoms with Crippen molar-refractivity contribution < 1.29 is 0 Å². The van der Waals surface area contributed by atoms with E-state index in [1.54, 1.807) is 0 Å². The summed E-state index contributed by atoms with van der Waals surface area (Å²) in [6, 6.07) is 33.3. The van der Waals surface area contributed by atoms with E-state index >= 15 is 0 Å². The molecule has 1 unspecified atom stereocenters. The third-order valence-corrected chi connectivity index (χ3v) is 13.5. The van der Waals surface area contributed by atoms with E-state index in [1.807, 2.05) is 0 Å². The Morgan fingerprint density at radius 1 is 0.600 bits per heavy atom. The Kier molecular flexibility index (Phi) is 4.23. The van der Waals surface area contributed by atoms with Crippen molar-refractivity contribution in [3.05, 3.63) is 91.0 Å². The topological polar surface area (TPSA) is 26.0 Å². The molecule has 25 heavy (non-hydrogen) atoms. The van der Waals surface area contributed by atoms with Crippen molar-refractivity contribution in [2.45, 2.75) is 25.0 Å². The van der Waals surface area contributed by atoms with Crippen LogP contribution in [0.4, 0.5) is 0 Å². The molecule has 4 rings (SSSR count). The van der Waals surface area contributed by atoms with E-state index in [1.165, 1.54) is 34.9 Å². The van der Waals surface area contributed by atoms with Crippen LogP contribution in [-0.2, 0) is 0 Å². The van der Waals surface area contributed by atoms with Gasteiger partial charge in [-0.25, -0.2) is 0 Å². The molecule has 0 amide bonds. The maximum atomic E-state index is 7.10. The van der Waals surface area contributed by atoms with Gasteiger partial charge in [0.2, 0.25) is 0 Å². The molecule has 0 saturated carbocycles. The third-order valence-electron chi connectivity index (χ3n) is 6.14. The molecule has 0 spiro atoms. The van der Waals surface area contributed by atoms with Gasteiger partial charge in [-0.15, -0.1) is 0 Å². The molecule has 1 heterocycles. The molecule has 1 atom stereocenters. The summed E-state index contributed by atoms with van der Waals surface area (Å²) < 4.78 is 0. The quantitative estimate of drug-likeness (QED) is 0.713. The summed E-state index contributed by atoms with van der Waals surface area (Å²) in [6.45, 7) is -2.70. The van der Waals surface area contributed by atoms with Crippen LogP contribution < -0.4 is 21.6 Å². The van der Waals surface area contributed by atoms with Gasteiger partial charge in [0.05, 0.1) is 0 Å². The van der Waals surface area contributed by atoms with Crippen LogP contribution in [0.15, 0.2) is 91.0 Å². The third kappa shape index (κ3) is 2.23.